The molecule has 0 atom stereocenters. The van der Waals surface area contributed by atoms with Gasteiger partial charge in [-0.3, -0.25) is 4.79 Å². The monoisotopic (exact) mass is 450 g/mol. The summed E-state index contributed by atoms with van der Waals surface area (Å²) in [5.41, 5.74) is 1.54. The average molecular weight is 450 g/mol. The highest BCUT2D eigenvalue weighted by Gasteiger charge is 2.22. The summed E-state index contributed by atoms with van der Waals surface area (Å²) in [6, 6.07) is 17.4. The van der Waals surface area contributed by atoms with Gasteiger partial charge in [0, 0.05) is 6.07 Å². The third-order valence-corrected chi connectivity index (χ3v) is 6.31. The summed E-state index contributed by atoms with van der Waals surface area (Å²) in [7, 11) is -3.06. The van der Waals surface area contributed by atoms with Crippen molar-refractivity contribution in [3.63, 3.8) is 0 Å². The standard InChI is InChI=1S/C24H18O7S/c1-15-8-9-17(24(26)29-2)12-22(15)32(27,28)31-18-10-11-19-21(13-18)30-14-20(23(19)25)16-6-4-3-5-7-16/h3-14H,1-2H3. The van der Waals surface area contributed by atoms with Crippen LogP contribution in [-0.4, -0.2) is 21.5 Å². The second-order valence-electron chi connectivity index (χ2n) is 7.01. The zero-order valence-corrected chi connectivity index (χ0v) is 18.0. The Bertz CT molecular complexity index is 1490. The molecular formula is C24H18O7S. The molecule has 7 nitrogen and oxygen atoms in total. The van der Waals surface area contributed by atoms with Crippen LogP contribution in [0.4, 0.5) is 0 Å². The highest BCUT2D eigenvalue weighted by atomic mass is 32.2. The van der Waals surface area contributed by atoms with Crippen molar-refractivity contribution in [2.24, 2.45) is 0 Å². The Kier molecular flexibility index (Phi) is 5.54. The van der Waals surface area contributed by atoms with Crippen molar-refractivity contribution in [3.8, 4) is 16.9 Å². The minimum atomic E-state index is -4.27. The van der Waals surface area contributed by atoms with E-state index in [0.29, 0.717) is 22.1 Å². The molecule has 0 spiro atoms. The molecule has 0 fully saturated rings. The summed E-state index contributed by atoms with van der Waals surface area (Å²) in [4.78, 5) is 24.5. The maximum Gasteiger partial charge on any atom is 0.339 e. The number of benzene rings is 3. The summed E-state index contributed by atoms with van der Waals surface area (Å²) in [6.45, 7) is 1.59. The number of aryl methyl sites for hydroxylation is 1. The molecule has 3 aromatic carbocycles. The number of fused-ring (bicyclic) bond motifs is 1. The van der Waals surface area contributed by atoms with Gasteiger partial charge in [0.05, 0.1) is 23.6 Å². The Balaban J connectivity index is 1.71. The molecule has 8 heteroatoms. The number of methoxy groups -OCH3 is 1. The molecule has 0 unspecified atom stereocenters. The van der Waals surface area contributed by atoms with E-state index in [0.717, 1.165) is 0 Å². The van der Waals surface area contributed by atoms with Crippen molar-refractivity contribution >= 4 is 27.1 Å². The average Bonchev–Trinajstić information content (AvgIpc) is 2.79. The van der Waals surface area contributed by atoms with E-state index in [2.05, 4.69) is 4.74 Å². The second-order valence-corrected chi connectivity index (χ2v) is 8.53. The molecule has 4 aromatic rings. The van der Waals surface area contributed by atoms with Crippen LogP contribution in [-0.2, 0) is 14.9 Å². The number of hydrogen-bond donors (Lipinski definition) is 0. The van der Waals surface area contributed by atoms with Gasteiger partial charge in [0.15, 0.2) is 5.43 Å². The molecule has 32 heavy (non-hydrogen) atoms. The molecule has 0 aliphatic heterocycles. The molecule has 0 bridgehead atoms. The van der Waals surface area contributed by atoms with Crippen LogP contribution in [0.25, 0.3) is 22.1 Å². The predicted octanol–water partition coefficient (Wildman–Crippen LogP) is 4.32. The van der Waals surface area contributed by atoms with Crippen molar-refractivity contribution in [1.29, 1.82) is 0 Å². The zero-order valence-electron chi connectivity index (χ0n) is 17.2. The van der Waals surface area contributed by atoms with Crippen LogP contribution in [0.15, 0.2) is 87.1 Å². The van der Waals surface area contributed by atoms with E-state index in [1.807, 2.05) is 18.2 Å². The lowest BCUT2D eigenvalue weighted by atomic mass is 10.1. The van der Waals surface area contributed by atoms with E-state index in [9.17, 15) is 18.0 Å². The summed E-state index contributed by atoms with van der Waals surface area (Å²) >= 11 is 0. The van der Waals surface area contributed by atoms with Crippen LogP contribution in [0.2, 0.25) is 0 Å². The summed E-state index contributed by atoms with van der Waals surface area (Å²) in [5, 5.41) is 0.292. The fourth-order valence-corrected chi connectivity index (χ4v) is 4.44. The van der Waals surface area contributed by atoms with Crippen LogP contribution >= 0.6 is 0 Å². The van der Waals surface area contributed by atoms with Crippen molar-refractivity contribution in [3.05, 3.63) is 94.3 Å². The van der Waals surface area contributed by atoms with Gasteiger partial charge in [0.2, 0.25) is 0 Å². The van der Waals surface area contributed by atoms with Crippen LogP contribution < -0.4 is 9.61 Å². The Morgan fingerprint density at radius 2 is 1.72 bits per heavy atom. The first kappa shape index (κ1) is 21.3. The molecule has 0 saturated carbocycles. The van der Waals surface area contributed by atoms with Gasteiger partial charge < -0.3 is 13.3 Å². The van der Waals surface area contributed by atoms with Gasteiger partial charge in [-0.2, -0.15) is 8.42 Å². The van der Waals surface area contributed by atoms with Crippen molar-refractivity contribution in [1.82, 2.24) is 0 Å². The number of rotatable bonds is 5. The molecule has 1 aromatic heterocycles. The highest BCUT2D eigenvalue weighted by molar-refractivity contribution is 7.87. The Morgan fingerprint density at radius 1 is 0.969 bits per heavy atom. The lowest BCUT2D eigenvalue weighted by molar-refractivity contribution is 0.0600. The zero-order chi connectivity index (χ0) is 22.9. The van der Waals surface area contributed by atoms with E-state index in [-0.39, 0.29) is 27.2 Å². The Morgan fingerprint density at radius 3 is 2.44 bits per heavy atom. The van der Waals surface area contributed by atoms with E-state index >= 15 is 0 Å². The van der Waals surface area contributed by atoms with E-state index in [1.54, 1.807) is 19.1 Å². The molecule has 0 N–H and O–H groups in total. The van der Waals surface area contributed by atoms with E-state index in [1.165, 1.54) is 49.8 Å². The van der Waals surface area contributed by atoms with Crippen LogP contribution in [0, 0.1) is 6.92 Å². The fourth-order valence-electron chi connectivity index (χ4n) is 3.26. The molecule has 0 saturated heterocycles. The maximum atomic E-state index is 12.9. The molecule has 0 aliphatic carbocycles. The van der Waals surface area contributed by atoms with Crippen molar-refractivity contribution in [2.45, 2.75) is 11.8 Å². The summed E-state index contributed by atoms with van der Waals surface area (Å²) < 4.78 is 41.2. The maximum absolute atomic E-state index is 12.9. The van der Waals surface area contributed by atoms with Crippen LogP contribution in [0.5, 0.6) is 5.75 Å². The first-order valence-corrected chi connectivity index (χ1v) is 11.0. The molecule has 0 aliphatic rings. The largest absolute Gasteiger partial charge is 0.465 e. The molecule has 0 amide bonds. The van der Waals surface area contributed by atoms with Crippen molar-refractivity contribution in [2.75, 3.05) is 7.11 Å². The number of esters is 1. The number of carbonyl (C=O) groups is 1. The molecule has 4 rings (SSSR count). The quantitative estimate of drug-likeness (QED) is 0.330. The normalized spacial score (nSPS) is 11.3. The van der Waals surface area contributed by atoms with Gasteiger partial charge in [-0.1, -0.05) is 36.4 Å². The lowest BCUT2D eigenvalue weighted by Crippen LogP contribution is -2.13. The third-order valence-electron chi connectivity index (χ3n) is 4.92. The van der Waals surface area contributed by atoms with Gasteiger partial charge in [0.1, 0.15) is 22.5 Å². The van der Waals surface area contributed by atoms with Gasteiger partial charge >= 0.3 is 16.1 Å². The van der Waals surface area contributed by atoms with Crippen molar-refractivity contribution < 1.29 is 26.5 Å². The minimum absolute atomic E-state index is 0.0315. The van der Waals surface area contributed by atoms with E-state index in [4.69, 9.17) is 8.60 Å². The molecule has 162 valence electrons. The summed E-state index contributed by atoms with van der Waals surface area (Å²) in [6.07, 6.45) is 1.34. The Labute approximate surface area is 184 Å². The molecule has 1 heterocycles. The van der Waals surface area contributed by atoms with Crippen LogP contribution in [0.1, 0.15) is 15.9 Å². The second kappa shape index (κ2) is 8.32. The number of ether oxygens (including phenoxy) is 1. The van der Waals surface area contributed by atoms with Gasteiger partial charge in [-0.05, 0) is 42.3 Å². The van der Waals surface area contributed by atoms with Gasteiger partial charge in [-0.25, -0.2) is 4.79 Å². The molecular weight excluding hydrogens is 432 g/mol. The first-order chi connectivity index (χ1) is 15.3. The highest BCUT2D eigenvalue weighted by Crippen LogP contribution is 2.26. The predicted molar refractivity (Wildman–Crippen MR) is 118 cm³/mol. The van der Waals surface area contributed by atoms with Gasteiger partial charge in [-0.15, -0.1) is 0 Å². The topological polar surface area (TPSA) is 99.9 Å². The van der Waals surface area contributed by atoms with Gasteiger partial charge in [0.25, 0.3) is 0 Å². The summed E-state index contributed by atoms with van der Waals surface area (Å²) in [5.74, 6) is -0.695. The minimum Gasteiger partial charge on any atom is -0.465 e. The Hall–Kier alpha value is -3.91. The molecule has 0 radical (unpaired) electrons. The van der Waals surface area contributed by atoms with Crippen LogP contribution in [0.3, 0.4) is 0 Å². The fraction of sp³-hybridized carbons (Fsp3) is 0.0833. The lowest BCUT2D eigenvalue weighted by Gasteiger charge is -2.11. The SMILES string of the molecule is COC(=O)c1ccc(C)c(S(=O)(=O)Oc2ccc3c(=O)c(-c4ccccc4)coc3c2)c1. The smallest absolute Gasteiger partial charge is 0.339 e. The number of hydrogen-bond acceptors (Lipinski definition) is 7. The number of carbonyl (C=O) groups excluding carboxylic acids is 1. The van der Waals surface area contributed by atoms with E-state index < -0.39 is 16.1 Å². The first-order valence-electron chi connectivity index (χ1n) is 9.54. The third kappa shape index (κ3) is 4.00.